The fourth-order valence-electron chi connectivity index (χ4n) is 2.35. The minimum Gasteiger partial charge on any atom is -0.493 e. The number of aryl methyl sites for hydroxylation is 1. The van der Waals surface area contributed by atoms with E-state index in [-0.39, 0.29) is 19.1 Å². The molecule has 7 heteroatoms. The van der Waals surface area contributed by atoms with E-state index in [9.17, 15) is 9.59 Å². The van der Waals surface area contributed by atoms with Crippen LogP contribution in [0.3, 0.4) is 0 Å². The average Bonchev–Trinajstić information content (AvgIpc) is 2.55. The first-order valence-corrected chi connectivity index (χ1v) is 7.96. The van der Waals surface area contributed by atoms with Crippen molar-refractivity contribution in [3.8, 4) is 11.5 Å². The summed E-state index contributed by atoms with van der Waals surface area (Å²) >= 11 is 0. The van der Waals surface area contributed by atoms with Gasteiger partial charge in [0.25, 0.3) is 5.91 Å². The van der Waals surface area contributed by atoms with E-state index in [1.165, 1.54) is 0 Å². The molecule has 7 nitrogen and oxygen atoms in total. The Labute approximate surface area is 142 Å². The lowest BCUT2D eigenvalue weighted by atomic mass is 10.1. The highest BCUT2D eigenvalue weighted by atomic mass is 16.5. The summed E-state index contributed by atoms with van der Waals surface area (Å²) in [5.41, 5.74) is 2.12. The highest BCUT2D eigenvalue weighted by Gasteiger charge is 2.18. The lowest BCUT2D eigenvalue weighted by Gasteiger charge is -2.19. The Balaban J connectivity index is 2.78. The van der Waals surface area contributed by atoms with Crippen LogP contribution in [0.15, 0.2) is 12.1 Å². The van der Waals surface area contributed by atoms with Crippen molar-refractivity contribution < 1.29 is 28.7 Å². The zero-order valence-corrected chi connectivity index (χ0v) is 15.0. The molecule has 0 aliphatic heterocycles. The number of methoxy groups -OCH3 is 2. The lowest BCUT2D eigenvalue weighted by Crippen LogP contribution is -3.11. The molecular formula is C17H27N2O5+. The SMILES string of the molecule is CCOC(=O)NC(=O)C[NH+](CC)Cc1cc(OC)c(OC)cc1C. The number of carbonyl (C=O) groups excluding carboxylic acids is 2. The normalized spacial score (nSPS) is 11.5. The number of nitrogens with one attached hydrogen (secondary N) is 2. The van der Waals surface area contributed by atoms with Gasteiger partial charge in [0.15, 0.2) is 18.0 Å². The van der Waals surface area contributed by atoms with Crippen molar-refractivity contribution in [2.24, 2.45) is 0 Å². The summed E-state index contributed by atoms with van der Waals surface area (Å²) in [7, 11) is 3.19. The van der Waals surface area contributed by atoms with Gasteiger partial charge in [-0.25, -0.2) is 4.79 Å². The second kappa shape index (κ2) is 9.77. The van der Waals surface area contributed by atoms with E-state index < -0.39 is 6.09 Å². The highest BCUT2D eigenvalue weighted by Crippen LogP contribution is 2.29. The Kier molecular flexibility index (Phi) is 8.05. The molecule has 0 aromatic heterocycles. The molecule has 1 atom stereocenters. The molecule has 0 aliphatic rings. The van der Waals surface area contributed by atoms with Crippen molar-refractivity contribution in [3.63, 3.8) is 0 Å². The minimum atomic E-state index is -0.708. The van der Waals surface area contributed by atoms with Crippen LogP contribution in [0.25, 0.3) is 0 Å². The van der Waals surface area contributed by atoms with Crippen LogP contribution in [0.1, 0.15) is 25.0 Å². The van der Waals surface area contributed by atoms with Gasteiger partial charge in [-0.05, 0) is 38.5 Å². The molecule has 24 heavy (non-hydrogen) atoms. The largest absolute Gasteiger partial charge is 0.493 e. The number of benzene rings is 1. The van der Waals surface area contributed by atoms with Gasteiger partial charge in [0.05, 0.1) is 27.4 Å². The summed E-state index contributed by atoms with van der Waals surface area (Å²) in [5, 5.41) is 2.22. The Bertz CT molecular complexity index is 574. The van der Waals surface area contributed by atoms with Gasteiger partial charge >= 0.3 is 6.09 Å². The molecule has 0 radical (unpaired) electrons. The second-order valence-electron chi connectivity index (χ2n) is 5.36. The predicted molar refractivity (Wildman–Crippen MR) is 89.5 cm³/mol. The van der Waals surface area contributed by atoms with Crippen molar-refractivity contribution in [2.45, 2.75) is 27.3 Å². The first-order valence-electron chi connectivity index (χ1n) is 7.96. The summed E-state index contributed by atoms with van der Waals surface area (Å²) in [5.74, 6) is 0.977. The quantitative estimate of drug-likeness (QED) is 0.729. The van der Waals surface area contributed by atoms with Crippen LogP contribution >= 0.6 is 0 Å². The zero-order valence-electron chi connectivity index (χ0n) is 15.0. The number of carbonyl (C=O) groups is 2. The summed E-state index contributed by atoms with van der Waals surface area (Å²) in [6.07, 6.45) is -0.708. The Hall–Kier alpha value is -2.28. The van der Waals surface area contributed by atoms with E-state index in [1.807, 2.05) is 26.0 Å². The van der Waals surface area contributed by atoms with Crippen LogP contribution in [0.2, 0.25) is 0 Å². The van der Waals surface area contributed by atoms with Crippen LogP contribution < -0.4 is 19.7 Å². The third kappa shape index (κ3) is 5.73. The van der Waals surface area contributed by atoms with Gasteiger partial charge in [0.2, 0.25) is 0 Å². The summed E-state index contributed by atoms with van der Waals surface area (Å²) in [6.45, 7) is 7.46. The zero-order chi connectivity index (χ0) is 18.1. The molecule has 0 saturated heterocycles. The third-order valence-electron chi connectivity index (χ3n) is 3.71. The fraction of sp³-hybridized carbons (Fsp3) is 0.529. The molecule has 0 spiro atoms. The number of hydrogen-bond acceptors (Lipinski definition) is 5. The molecule has 0 heterocycles. The number of quaternary nitrogens is 1. The number of ether oxygens (including phenoxy) is 3. The van der Waals surface area contributed by atoms with E-state index in [0.29, 0.717) is 18.0 Å². The van der Waals surface area contributed by atoms with Crippen LogP contribution in [-0.2, 0) is 16.1 Å². The molecular weight excluding hydrogens is 312 g/mol. The summed E-state index contributed by atoms with van der Waals surface area (Å²) < 4.78 is 15.3. The first-order chi connectivity index (χ1) is 11.4. The Morgan fingerprint density at radius 3 is 2.29 bits per heavy atom. The highest BCUT2D eigenvalue weighted by molar-refractivity contribution is 5.92. The summed E-state index contributed by atoms with van der Waals surface area (Å²) in [6, 6.07) is 3.84. The second-order valence-corrected chi connectivity index (χ2v) is 5.36. The maximum absolute atomic E-state index is 11.9. The number of imide groups is 1. The molecule has 1 aromatic rings. The molecule has 2 amide bonds. The topological polar surface area (TPSA) is 78.3 Å². The summed E-state index contributed by atoms with van der Waals surface area (Å²) in [4.78, 5) is 24.2. The molecule has 0 saturated carbocycles. The molecule has 0 aliphatic carbocycles. The van der Waals surface area contributed by atoms with Crippen molar-refractivity contribution in [1.82, 2.24) is 5.32 Å². The van der Waals surface area contributed by atoms with E-state index >= 15 is 0 Å². The van der Waals surface area contributed by atoms with Crippen molar-refractivity contribution >= 4 is 12.0 Å². The smallest absolute Gasteiger partial charge is 0.414 e. The molecule has 0 fully saturated rings. The number of likely N-dealkylation sites (N-methyl/N-ethyl adjacent to an activating group) is 1. The standard InChI is InChI=1S/C17H26N2O5/c1-6-19(11-16(20)18-17(21)24-7-2)10-13-9-15(23-5)14(22-4)8-12(13)3/h8-9H,6-7,10-11H2,1-5H3,(H,18,20,21)/p+1. The first kappa shape index (κ1) is 19.8. The number of alkyl carbamates (subject to hydrolysis) is 1. The van der Waals surface area contributed by atoms with Crippen molar-refractivity contribution in [3.05, 3.63) is 23.3 Å². The van der Waals surface area contributed by atoms with Gasteiger partial charge in [0.1, 0.15) is 6.54 Å². The molecule has 2 N–H and O–H groups in total. The molecule has 0 bridgehead atoms. The van der Waals surface area contributed by atoms with E-state index in [0.717, 1.165) is 22.6 Å². The Morgan fingerprint density at radius 1 is 1.12 bits per heavy atom. The van der Waals surface area contributed by atoms with Gasteiger partial charge in [-0.3, -0.25) is 10.1 Å². The van der Waals surface area contributed by atoms with E-state index in [1.54, 1.807) is 21.1 Å². The monoisotopic (exact) mass is 339 g/mol. The van der Waals surface area contributed by atoms with Crippen LogP contribution in [0.4, 0.5) is 4.79 Å². The van der Waals surface area contributed by atoms with Gasteiger partial charge < -0.3 is 19.1 Å². The van der Waals surface area contributed by atoms with Gasteiger partial charge in [-0.1, -0.05) is 0 Å². The van der Waals surface area contributed by atoms with Crippen molar-refractivity contribution in [1.29, 1.82) is 0 Å². The maximum atomic E-state index is 11.9. The van der Waals surface area contributed by atoms with Gasteiger partial charge in [-0.2, -0.15) is 0 Å². The van der Waals surface area contributed by atoms with Gasteiger partial charge in [0, 0.05) is 5.56 Å². The molecule has 134 valence electrons. The molecule has 1 rings (SSSR count). The molecule has 1 unspecified atom stereocenters. The van der Waals surface area contributed by atoms with E-state index in [2.05, 4.69) is 5.32 Å². The molecule has 1 aromatic carbocycles. The predicted octanol–water partition coefficient (Wildman–Crippen LogP) is 0.690. The lowest BCUT2D eigenvalue weighted by molar-refractivity contribution is -0.904. The van der Waals surface area contributed by atoms with Crippen LogP contribution in [-0.4, -0.2) is 45.9 Å². The van der Waals surface area contributed by atoms with Crippen molar-refractivity contribution in [2.75, 3.05) is 33.9 Å². The fourth-order valence-corrected chi connectivity index (χ4v) is 2.35. The number of hydrogen-bond donors (Lipinski definition) is 2. The van der Waals surface area contributed by atoms with Gasteiger partial charge in [-0.15, -0.1) is 0 Å². The number of rotatable bonds is 8. The minimum absolute atomic E-state index is 0.184. The maximum Gasteiger partial charge on any atom is 0.414 e. The average molecular weight is 339 g/mol. The Morgan fingerprint density at radius 2 is 1.75 bits per heavy atom. The third-order valence-corrected chi connectivity index (χ3v) is 3.71. The van der Waals surface area contributed by atoms with E-state index in [4.69, 9.17) is 14.2 Å². The number of amides is 2. The van der Waals surface area contributed by atoms with Crippen LogP contribution in [0.5, 0.6) is 11.5 Å². The van der Waals surface area contributed by atoms with Crippen LogP contribution in [0, 0.1) is 6.92 Å².